The van der Waals surface area contributed by atoms with E-state index in [4.69, 9.17) is 11.6 Å². The molecule has 1 aliphatic heterocycles. The molecule has 1 heterocycles. The van der Waals surface area contributed by atoms with Gasteiger partial charge in [0.05, 0.1) is 17.5 Å². The van der Waals surface area contributed by atoms with Gasteiger partial charge in [-0.25, -0.2) is 0 Å². The van der Waals surface area contributed by atoms with Gasteiger partial charge in [-0.3, -0.25) is 0 Å². The first-order valence-corrected chi connectivity index (χ1v) is 4.61. The maximum Gasteiger partial charge on any atom is 0.0976 e. The topological polar surface area (TPSA) is 24.1 Å². The third kappa shape index (κ3) is 1.34. The number of anilines is 2. The minimum Gasteiger partial charge on any atom is -0.364 e. The van der Waals surface area contributed by atoms with Gasteiger partial charge in [-0.2, -0.15) is 0 Å². The van der Waals surface area contributed by atoms with Gasteiger partial charge in [0.2, 0.25) is 0 Å². The van der Waals surface area contributed by atoms with Crippen LogP contribution in [0.4, 0.5) is 11.4 Å². The van der Waals surface area contributed by atoms with E-state index in [1.165, 1.54) is 11.4 Å². The molecule has 1 aliphatic rings. The minimum atomic E-state index is 0.305. The fourth-order valence-corrected chi connectivity index (χ4v) is 1.62. The largest absolute Gasteiger partial charge is 0.364 e. The second kappa shape index (κ2) is 3.23. The molecule has 1 aromatic rings. The molecule has 0 saturated heterocycles. The van der Waals surface area contributed by atoms with Crippen LogP contribution >= 0.6 is 11.6 Å². The molecule has 0 spiro atoms. The number of fused-ring (bicyclic) bond motifs is 1. The van der Waals surface area contributed by atoms with Gasteiger partial charge >= 0.3 is 0 Å². The van der Waals surface area contributed by atoms with E-state index in [0.717, 1.165) is 6.42 Å². The van der Waals surface area contributed by atoms with Gasteiger partial charge in [0, 0.05) is 5.88 Å². The fraction of sp³-hybridized carbons (Fsp3) is 0.333. The van der Waals surface area contributed by atoms with Crippen molar-refractivity contribution in [2.45, 2.75) is 12.6 Å². The summed E-state index contributed by atoms with van der Waals surface area (Å²) >= 11 is 5.64. The molecule has 0 atom stereocenters. The van der Waals surface area contributed by atoms with E-state index >= 15 is 0 Å². The SMILES string of the molecule is ClCCC1Nc2ccccc2N1. The molecule has 0 saturated carbocycles. The first kappa shape index (κ1) is 7.74. The smallest absolute Gasteiger partial charge is 0.0976 e. The maximum absolute atomic E-state index is 5.64. The first-order chi connectivity index (χ1) is 5.90. The summed E-state index contributed by atoms with van der Waals surface area (Å²) in [7, 11) is 0. The van der Waals surface area contributed by atoms with Crippen LogP contribution < -0.4 is 10.6 Å². The van der Waals surface area contributed by atoms with Crippen molar-refractivity contribution in [3.63, 3.8) is 0 Å². The summed E-state index contributed by atoms with van der Waals surface area (Å²) in [5, 5.41) is 6.68. The van der Waals surface area contributed by atoms with Gasteiger partial charge in [0.15, 0.2) is 0 Å². The number of hydrogen-bond donors (Lipinski definition) is 2. The Labute approximate surface area is 76.9 Å². The molecule has 2 N–H and O–H groups in total. The predicted octanol–water partition coefficient (Wildman–Crippen LogP) is 2.48. The molecule has 3 heteroatoms. The molecule has 0 fully saturated rings. The van der Waals surface area contributed by atoms with Crippen molar-refractivity contribution in [3.05, 3.63) is 24.3 Å². The Balaban J connectivity index is 2.11. The van der Waals surface area contributed by atoms with E-state index in [2.05, 4.69) is 22.8 Å². The highest BCUT2D eigenvalue weighted by Gasteiger charge is 2.16. The monoisotopic (exact) mass is 182 g/mol. The average Bonchev–Trinajstić information content (AvgIpc) is 2.47. The second-order valence-electron chi connectivity index (χ2n) is 2.86. The van der Waals surface area contributed by atoms with E-state index in [9.17, 15) is 0 Å². The zero-order valence-corrected chi connectivity index (χ0v) is 7.43. The number of hydrogen-bond acceptors (Lipinski definition) is 2. The number of alkyl halides is 1. The molecule has 1 aromatic carbocycles. The van der Waals surface area contributed by atoms with Crippen molar-refractivity contribution >= 4 is 23.0 Å². The van der Waals surface area contributed by atoms with Gasteiger partial charge in [-0.05, 0) is 18.6 Å². The van der Waals surface area contributed by atoms with Gasteiger partial charge in [0.1, 0.15) is 0 Å². The Morgan fingerprint density at radius 3 is 2.25 bits per heavy atom. The number of benzene rings is 1. The summed E-state index contributed by atoms with van der Waals surface area (Å²) < 4.78 is 0. The highest BCUT2D eigenvalue weighted by molar-refractivity contribution is 6.17. The third-order valence-electron chi connectivity index (χ3n) is 1.98. The molecule has 0 bridgehead atoms. The Morgan fingerprint density at radius 2 is 1.75 bits per heavy atom. The van der Waals surface area contributed by atoms with Crippen LogP contribution in [-0.4, -0.2) is 12.0 Å². The van der Waals surface area contributed by atoms with Crippen molar-refractivity contribution in [1.82, 2.24) is 0 Å². The standard InChI is InChI=1S/C9H11ClN2/c10-6-5-9-11-7-3-1-2-4-8(7)12-9/h1-4,9,11-12H,5-6H2. The van der Waals surface area contributed by atoms with Gasteiger partial charge in [-0.15, -0.1) is 11.6 Å². The molecular weight excluding hydrogens is 172 g/mol. The Bertz CT molecular complexity index is 250. The molecule has 0 radical (unpaired) electrons. The van der Waals surface area contributed by atoms with Crippen LogP contribution in [0.5, 0.6) is 0 Å². The van der Waals surface area contributed by atoms with E-state index in [1.807, 2.05) is 12.1 Å². The number of rotatable bonds is 2. The first-order valence-electron chi connectivity index (χ1n) is 4.08. The highest BCUT2D eigenvalue weighted by atomic mass is 35.5. The lowest BCUT2D eigenvalue weighted by Gasteiger charge is -2.08. The molecule has 0 unspecified atom stereocenters. The number of nitrogens with one attached hydrogen (secondary N) is 2. The lowest BCUT2D eigenvalue weighted by Crippen LogP contribution is -2.22. The summed E-state index contributed by atoms with van der Waals surface area (Å²) in [4.78, 5) is 0. The zero-order valence-electron chi connectivity index (χ0n) is 6.68. The van der Waals surface area contributed by atoms with Crippen molar-refractivity contribution in [1.29, 1.82) is 0 Å². The summed E-state index contributed by atoms with van der Waals surface area (Å²) in [6, 6.07) is 8.18. The van der Waals surface area contributed by atoms with Crippen LogP contribution in [-0.2, 0) is 0 Å². The van der Waals surface area contributed by atoms with Gasteiger partial charge in [0.25, 0.3) is 0 Å². The van der Waals surface area contributed by atoms with Crippen LogP contribution in [0.2, 0.25) is 0 Å². The number of halogens is 1. The summed E-state index contributed by atoms with van der Waals surface area (Å²) in [6.07, 6.45) is 1.25. The zero-order chi connectivity index (χ0) is 8.39. The molecule has 0 aromatic heterocycles. The van der Waals surface area contributed by atoms with Crippen LogP contribution in [0, 0.1) is 0 Å². The maximum atomic E-state index is 5.64. The normalized spacial score (nSPS) is 15.1. The average molecular weight is 183 g/mol. The van der Waals surface area contributed by atoms with Crippen LogP contribution in [0.15, 0.2) is 24.3 Å². The fourth-order valence-electron chi connectivity index (χ4n) is 1.40. The van der Waals surface area contributed by atoms with Crippen molar-refractivity contribution in [2.75, 3.05) is 16.5 Å². The molecule has 2 rings (SSSR count). The molecule has 12 heavy (non-hydrogen) atoms. The minimum absolute atomic E-state index is 0.305. The number of para-hydroxylation sites is 2. The predicted molar refractivity (Wildman–Crippen MR) is 52.8 cm³/mol. The van der Waals surface area contributed by atoms with E-state index < -0.39 is 0 Å². The third-order valence-corrected chi connectivity index (χ3v) is 2.20. The summed E-state index contributed by atoms with van der Waals surface area (Å²) in [6.45, 7) is 0. The van der Waals surface area contributed by atoms with Gasteiger partial charge < -0.3 is 10.6 Å². The summed E-state index contributed by atoms with van der Waals surface area (Å²) in [5.41, 5.74) is 2.35. The highest BCUT2D eigenvalue weighted by Crippen LogP contribution is 2.28. The van der Waals surface area contributed by atoms with E-state index in [-0.39, 0.29) is 0 Å². The van der Waals surface area contributed by atoms with Crippen molar-refractivity contribution in [3.8, 4) is 0 Å². The van der Waals surface area contributed by atoms with Crippen molar-refractivity contribution in [2.24, 2.45) is 0 Å². The molecule has 0 aliphatic carbocycles. The molecule has 2 nitrogen and oxygen atoms in total. The Kier molecular flexibility index (Phi) is 2.09. The Morgan fingerprint density at radius 1 is 1.17 bits per heavy atom. The van der Waals surface area contributed by atoms with Crippen molar-refractivity contribution < 1.29 is 0 Å². The quantitative estimate of drug-likeness (QED) is 0.687. The Hall–Kier alpha value is -0.890. The lowest BCUT2D eigenvalue weighted by molar-refractivity contribution is 0.807. The van der Waals surface area contributed by atoms with E-state index in [0.29, 0.717) is 12.0 Å². The molecule has 0 amide bonds. The molecular formula is C9H11ClN2. The second-order valence-corrected chi connectivity index (χ2v) is 3.24. The van der Waals surface area contributed by atoms with Crippen LogP contribution in [0.25, 0.3) is 0 Å². The van der Waals surface area contributed by atoms with Gasteiger partial charge in [-0.1, -0.05) is 12.1 Å². The van der Waals surface area contributed by atoms with Crippen LogP contribution in [0.3, 0.4) is 0 Å². The van der Waals surface area contributed by atoms with E-state index in [1.54, 1.807) is 0 Å². The summed E-state index contributed by atoms with van der Waals surface area (Å²) in [5.74, 6) is 0.679. The molecule has 64 valence electrons. The lowest BCUT2D eigenvalue weighted by atomic mass is 10.3. The van der Waals surface area contributed by atoms with Crippen LogP contribution in [0.1, 0.15) is 6.42 Å².